The number of aromatic carboxylic acids is 1. The first-order valence-corrected chi connectivity index (χ1v) is 10.6. The molecule has 31 heavy (non-hydrogen) atoms. The highest BCUT2D eigenvalue weighted by Gasteiger charge is 2.25. The van der Waals surface area contributed by atoms with Crippen LogP contribution in [-0.4, -0.2) is 37.5 Å². The number of methoxy groups -OCH3 is 1. The third-order valence-corrected chi connectivity index (χ3v) is 5.93. The molecular formula is C21H18ClFN4O3S. The SMILES string of the molecule is CCCn1cc(-n2c(OC)c(Sc3cccc(C(=O)O)n3)c3ccc(Cl)c(F)c32)cn1. The molecule has 0 saturated carbocycles. The number of pyridine rings is 1. The Morgan fingerprint density at radius 3 is 2.84 bits per heavy atom. The highest BCUT2D eigenvalue weighted by atomic mass is 35.5. The van der Waals surface area contributed by atoms with Gasteiger partial charge in [0.2, 0.25) is 5.88 Å². The molecule has 0 aliphatic heterocycles. The van der Waals surface area contributed by atoms with Crippen LogP contribution in [0.5, 0.6) is 5.88 Å². The van der Waals surface area contributed by atoms with Crippen LogP contribution in [0, 0.1) is 5.82 Å². The first-order valence-electron chi connectivity index (χ1n) is 9.42. The minimum Gasteiger partial charge on any atom is -0.481 e. The summed E-state index contributed by atoms with van der Waals surface area (Å²) in [5.74, 6) is -1.34. The molecule has 10 heteroatoms. The van der Waals surface area contributed by atoms with Crippen molar-refractivity contribution in [3.63, 3.8) is 0 Å². The molecule has 0 bridgehead atoms. The predicted octanol–water partition coefficient (Wildman–Crippen LogP) is 5.28. The Labute approximate surface area is 186 Å². The maximum Gasteiger partial charge on any atom is 0.354 e. The zero-order valence-corrected chi connectivity index (χ0v) is 18.2. The van der Waals surface area contributed by atoms with Gasteiger partial charge in [-0.1, -0.05) is 36.4 Å². The number of aromatic nitrogens is 4. The number of ether oxygens (including phenoxy) is 1. The maximum atomic E-state index is 15.2. The van der Waals surface area contributed by atoms with Gasteiger partial charge in [-0.25, -0.2) is 14.2 Å². The van der Waals surface area contributed by atoms with E-state index < -0.39 is 11.8 Å². The van der Waals surface area contributed by atoms with Crippen LogP contribution in [0.15, 0.2) is 52.6 Å². The lowest BCUT2D eigenvalue weighted by molar-refractivity contribution is 0.0689. The molecule has 0 unspecified atom stereocenters. The van der Waals surface area contributed by atoms with Crippen molar-refractivity contribution in [2.75, 3.05) is 7.11 Å². The van der Waals surface area contributed by atoms with Gasteiger partial charge in [0.25, 0.3) is 0 Å². The number of carboxylic acids is 1. The van der Waals surface area contributed by atoms with Gasteiger partial charge in [0, 0.05) is 18.1 Å². The third kappa shape index (κ3) is 3.86. The van der Waals surface area contributed by atoms with Crippen molar-refractivity contribution in [3.05, 3.63) is 59.3 Å². The molecule has 1 N–H and O–H groups in total. The van der Waals surface area contributed by atoms with E-state index in [0.717, 1.165) is 13.0 Å². The average molecular weight is 461 g/mol. The molecule has 3 aromatic heterocycles. The second-order valence-electron chi connectivity index (χ2n) is 6.66. The van der Waals surface area contributed by atoms with Crippen LogP contribution >= 0.6 is 23.4 Å². The minimum absolute atomic E-state index is 0.0163. The molecule has 0 radical (unpaired) electrons. The summed E-state index contributed by atoms with van der Waals surface area (Å²) in [7, 11) is 1.49. The van der Waals surface area contributed by atoms with Crippen molar-refractivity contribution in [2.45, 2.75) is 29.8 Å². The van der Waals surface area contributed by atoms with Crippen LogP contribution in [0.4, 0.5) is 4.39 Å². The highest BCUT2D eigenvalue weighted by molar-refractivity contribution is 7.99. The molecule has 0 spiro atoms. The summed E-state index contributed by atoms with van der Waals surface area (Å²) in [6.45, 7) is 2.76. The van der Waals surface area contributed by atoms with Crippen molar-refractivity contribution in [1.29, 1.82) is 0 Å². The van der Waals surface area contributed by atoms with E-state index in [4.69, 9.17) is 16.3 Å². The van der Waals surface area contributed by atoms with E-state index in [1.54, 1.807) is 33.6 Å². The zero-order valence-electron chi connectivity index (χ0n) is 16.7. The van der Waals surface area contributed by atoms with Crippen LogP contribution < -0.4 is 4.74 Å². The number of benzene rings is 1. The molecule has 4 rings (SSSR count). The van der Waals surface area contributed by atoms with E-state index in [1.807, 2.05) is 13.1 Å². The molecule has 0 fully saturated rings. The number of hydrogen-bond acceptors (Lipinski definition) is 5. The van der Waals surface area contributed by atoms with E-state index in [-0.39, 0.29) is 16.2 Å². The standard InChI is InChI=1S/C21H18ClFN4O3S/c1-3-9-26-11-12(10-24-26)27-18-13(7-8-14(22)17(18)23)19(20(27)30-2)31-16-6-4-5-15(25-16)21(28)29/h4-8,10-11H,3,9H2,1-2H3,(H,28,29). The first kappa shape index (κ1) is 21.2. The number of rotatable bonds is 7. The van der Waals surface area contributed by atoms with Crippen molar-refractivity contribution < 1.29 is 19.0 Å². The summed E-state index contributed by atoms with van der Waals surface area (Å²) in [5.41, 5.74) is 0.788. The number of carboxylic acid groups (broad SMARTS) is 1. The topological polar surface area (TPSA) is 82.2 Å². The number of carbonyl (C=O) groups is 1. The Balaban J connectivity index is 1.94. The van der Waals surface area contributed by atoms with E-state index >= 15 is 4.39 Å². The Morgan fingerprint density at radius 2 is 2.13 bits per heavy atom. The summed E-state index contributed by atoms with van der Waals surface area (Å²) < 4.78 is 24.3. The second kappa shape index (κ2) is 8.60. The minimum atomic E-state index is -1.13. The Kier molecular flexibility index (Phi) is 5.88. The van der Waals surface area contributed by atoms with Gasteiger partial charge in [-0.05, 0) is 30.7 Å². The fourth-order valence-electron chi connectivity index (χ4n) is 3.30. The Hall–Kier alpha value is -3.04. The van der Waals surface area contributed by atoms with Crippen LogP contribution in [0.25, 0.3) is 16.6 Å². The van der Waals surface area contributed by atoms with Gasteiger partial charge in [-0.15, -0.1) is 0 Å². The first-order chi connectivity index (χ1) is 14.9. The van der Waals surface area contributed by atoms with Gasteiger partial charge in [-0.2, -0.15) is 5.10 Å². The van der Waals surface area contributed by atoms with Gasteiger partial charge in [0.05, 0.1) is 34.4 Å². The number of hydrogen-bond donors (Lipinski definition) is 1. The number of halogens is 2. The summed E-state index contributed by atoms with van der Waals surface area (Å²) in [6, 6.07) is 7.89. The molecule has 4 aromatic rings. The summed E-state index contributed by atoms with van der Waals surface area (Å²) >= 11 is 7.28. The monoisotopic (exact) mass is 460 g/mol. The van der Waals surface area contributed by atoms with Crippen LogP contribution in [0.2, 0.25) is 5.02 Å². The second-order valence-corrected chi connectivity index (χ2v) is 8.10. The van der Waals surface area contributed by atoms with Crippen LogP contribution in [-0.2, 0) is 6.54 Å². The number of nitrogens with zero attached hydrogens (tertiary/aromatic N) is 4. The van der Waals surface area contributed by atoms with Crippen molar-refractivity contribution in [3.8, 4) is 11.6 Å². The third-order valence-electron chi connectivity index (χ3n) is 4.61. The highest BCUT2D eigenvalue weighted by Crippen LogP contribution is 2.45. The van der Waals surface area contributed by atoms with Gasteiger partial charge in [0.15, 0.2) is 5.82 Å². The lowest BCUT2D eigenvalue weighted by Crippen LogP contribution is -2.00. The maximum absolute atomic E-state index is 15.2. The van der Waals surface area contributed by atoms with Crippen molar-refractivity contribution in [2.24, 2.45) is 0 Å². The molecule has 0 aliphatic carbocycles. The fraction of sp³-hybridized carbons (Fsp3) is 0.190. The molecule has 1 aromatic carbocycles. The normalized spacial score (nSPS) is 11.2. The fourth-order valence-corrected chi connectivity index (χ4v) is 4.49. The molecule has 160 valence electrons. The Morgan fingerprint density at radius 1 is 1.32 bits per heavy atom. The molecule has 0 saturated heterocycles. The van der Waals surface area contributed by atoms with Gasteiger partial charge >= 0.3 is 5.97 Å². The van der Waals surface area contributed by atoms with E-state index in [1.165, 1.54) is 31.0 Å². The molecule has 0 atom stereocenters. The summed E-state index contributed by atoms with van der Waals surface area (Å²) in [5, 5.41) is 14.6. The number of fused-ring (bicyclic) bond motifs is 1. The molecular weight excluding hydrogens is 443 g/mol. The molecule has 3 heterocycles. The number of aryl methyl sites for hydroxylation is 1. The van der Waals surface area contributed by atoms with Gasteiger partial charge in [0.1, 0.15) is 10.7 Å². The predicted molar refractivity (Wildman–Crippen MR) is 116 cm³/mol. The van der Waals surface area contributed by atoms with Crippen molar-refractivity contribution in [1.82, 2.24) is 19.3 Å². The summed E-state index contributed by atoms with van der Waals surface area (Å²) in [4.78, 5) is 16.0. The van der Waals surface area contributed by atoms with Crippen LogP contribution in [0.3, 0.4) is 0 Å². The smallest absolute Gasteiger partial charge is 0.354 e. The largest absolute Gasteiger partial charge is 0.481 e. The van der Waals surface area contributed by atoms with Gasteiger partial charge < -0.3 is 9.84 Å². The van der Waals surface area contributed by atoms with Crippen LogP contribution in [0.1, 0.15) is 23.8 Å². The Bertz CT molecular complexity index is 1290. The van der Waals surface area contributed by atoms with E-state index in [0.29, 0.717) is 26.9 Å². The van der Waals surface area contributed by atoms with Crippen molar-refractivity contribution >= 4 is 40.2 Å². The molecule has 0 aliphatic rings. The zero-order chi connectivity index (χ0) is 22.1. The van der Waals surface area contributed by atoms with E-state index in [9.17, 15) is 9.90 Å². The lowest BCUT2D eigenvalue weighted by atomic mass is 10.2. The molecule has 7 nitrogen and oxygen atoms in total. The lowest BCUT2D eigenvalue weighted by Gasteiger charge is -2.09. The summed E-state index contributed by atoms with van der Waals surface area (Å²) in [6.07, 6.45) is 4.34. The average Bonchev–Trinajstić information content (AvgIpc) is 3.33. The van der Waals surface area contributed by atoms with E-state index in [2.05, 4.69) is 10.1 Å². The quantitative estimate of drug-likeness (QED) is 0.404. The molecule has 0 amide bonds. The van der Waals surface area contributed by atoms with Gasteiger partial charge in [-0.3, -0.25) is 9.25 Å².